The number of piperazine rings is 1. The summed E-state index contributed by atoms with van der Waals surface area (Å²) in [7, 11) is 0. The molecule has 1 aliphatic rings. The van der Waals surface area contributed by atoms with E-state index in [1.807, 2.05) is 0 Å². The zero-order chi connectivity index (χ0) is 17.0. The number of nitrogens with zero attached hydrogens (tertiary/aromatic N) is 3. The molecule has 122 valence electrons. The topological polar surface area (TPSA) is 64.4 Å². The molecule has 2 amide bonds. The van der Waals surface area contributed by atoms with E-state index >= 15 is 0 Å². The SMILES string of the molecule is N#CCC(=O)N1CCN(C(=O)c2ccc(C(F)(F)F)cc2)CC1. The van der Waals surface area contributed by atoms with Crippen LogP contribution in [0, 0.1) is 11.3 Å². The number of hydrogen-bond donors (Lipinski definition) is 0. The molecule has 23 heavy (non-hydrogen) atoms. The fourth-order valence-corrected chi connectivity index (χ4v) is 2.32. The highest BCUT2D eigenvalue weighted by molar-refractivity contribution is 5.94. The smallest absolute Gasteiger partial charge is 0.338 e. The van der Waals surface area contributed by atoms with Crippen LogP contribution in [0.4, 0.5) is 13.2 Å². The monoisotopic (exact) mass is 325 g/mol. The first-order valence-electron chi connectivity index (χ1n) is 6.94. The predicted molar refractivity (Wildman–Crippen MR) is 74.2 cm³/mol. The van der Waals surface area contributed by atoms with Gasteiger partial charge >= 0.3 is 6.18 Å². The number of hydrogen-bond acceptors (Lipinski definition) is 3. The molecule has 0 aromatic heterocycles. The number of halogens is 3. The van der Waals surface area contributed by atoms with Crippen molar-refractivity contribution in [3.05, 3.63) is 35.4 Å². The van der Waals surface area contributed by atoms with E-state index in [-0.39, 0.29) is 36.9 Å². The average molecular weight is 325 g/mol. The molecule has 0 bridgehead atoms. The van der Waals surface area contributed by atoms with E-state index in [2.05, 4.69) is 0 Å². The van der Waals surface area contributed by atoms with Crippen molar-refractivity contribution < 1.29 is 22.8 Å². The highest BCUT2D eigenvalue weighted by atomic mass is 19.4. The number of benzene rings is 1. The Morgan fingerprint density at radius 2 is 1.57 bits per heavy atom. The number of rotatable bonds is 2. The van der Waals surface area contributed by atoms with Crippen molar-refractivity contribution in [2.45, 2.75) is 12.6 Å². The lowest BCUT2D eigenvalue weighted by Gasteiger charge is -2.34. The number of nitriles is 1. The van der Waals surface area contributed by atoms with E-state index in [1.165, 1.54) is 9.80 Å². The molecule has 5 nitrogen and oxygen atoms in total. The average Bonchev–Trinajstić information content (AvgIpc) is 2.54. The van der Waals surface area contributed by atoms with Gasteiger partial charge in [-0.2, -0.15) is 18.4 Å². The van der Waals surface area contributed by atoms with Crippen LogP contribution in [0.2, 0.25) is 0 Å². The molecule has 8 heteroatoms. The van der Waals surface area contributed by atoms with Gasteiger partial charge in [0.2, 0.25) is 5.91 Å². The van der Waals surface area contributed by atoms with E-state index < -0.39 is 11.7 Å². The predicted octanol–water partition coefficient (Wildman–Crippen LogP) is 1.90. The Kier molecular flexibility index (Phi) is 4.89. The van der Waals surface area contributed by atoms with Crippen LogP contribution in [0.5, 0.6) is 0 Å². The highest BCUT2D eigenvalue weighted by Crippen LogP contribution is 2.29. The summed E-state index contributed by atoms with van der Waals surface area (Å²) >= 11 is 0. The summed E-state index contributed by atoms with van der Waals surface area (Å²) in [5, 5.41) is 8.49. The minimum Gasteiger partial charge on any atom is -0.338 e. The molecule has 1 fully saturated rings. The van der Waals surface area contributed by atoms with Gasteiger partial charge < -0.3 is 9.80 Å². The van der Waals surface area contributed by atoms with Crippen molar-refractivity contribution in [2.75, 3.05) is 26.2 Å². The van der Waals surface area contributed by atoms with E-state index in [9.17, 15) is 22.8 Å². The second-order valence-corrected chi connectivity index (χ2v) is 5.08. The number of carbonyl (C=O) groups excluding carboxylic acids is 2. The zero-order valence-electron chi connectivity index (χ0n) is 12.1. The third-order valence-electron chi connectivity index (χ3n) is 3.61. The first-order chi connectivity index (χ1) is 10.8. The third-order valence-corrected chi connectivity index (χ3v) is 3.61. The molecule has 0 radical (unpaired) electrons. The van der Waals surface area contributed by atoms with Crippen molar-refractivity contribution in [1.82, 2.24) is 9.80 Å². The fourth-order valence-electron chi connectivity index (χ4n) is 2.32. The van der Waals surface area contributed by atoms with Gasteiger partial charge in [-0.15, -0.1) is 0 Å². The third kappa shape index (κ3) is 4.00. The lowest BCUT2D eigenvalue weighted by atomic mass is 10.1. The minimum atomic E-state index is -4.44. The van der Waals surface area contributed by atoms with Crippen molar-refractivity contribution in [2.24, 2.45) is 0 Å². The molecule has 1 saturated heterocycles. The Morgan fingerprint density at radius 3 is 2.04 bits per heavy atom. The Balaban J connectivity index is 1.97. The van der Waals surface area contributed by atoms with E-state index in [4.69, 9.17) is 5.26 Å². The zero-order valence-corrected chi connectivity index (χ0v) is 12.1. The summed E-state index contributed by atoms with van der Waals surface area (Å²) in [6.07, 6.45) is -4.64. The second-order valence-electron chi connectivity index (χ2n) is 5.08. The maximum atomic E-state index is 12.5. The standard InChI is InChI=1S/C15H14F3N3O2/c16-15(17,18)12-3-1-11(2-4-12)14(23)21-9-7-20(8-10-21)13(22)5-6-19/h1-4H,5,7-10H2. The Bertz CT molecular complexity index is 627. The maximum Gasteiger partial charge on any atom is 0.416 e. The van der Waals surface area contributed by atoms with Crippen LogP contribution in [0.3, 0.4) is 0 Å². The van der Waals surface area contributed by atoms with Gasteiger partial charge in [0.15, 0.2) is 0 Å². The maximum absolute atomic E-state index is 12.5. The van der Waals surface area contributed by atoms with E-state index in [1.54, 1.807) is 6.07 Å². The summed E-state index contributed by atoms with van der Waals surface area (Å²) in [6.45, 7) is 1.20. The summed E-state index contributed by atoms with van der Waals surface area (Å²) in [5.41, 5.74) is -0.629. The van der Waals surface area contributed by atoms with Crippen molar-refractivity contribution >= 4 is 11.8 Å². The van der Waals surface area contributed by atoms with Gasteiger partial charge in [0, 0.05) is 31.7 Å². The first-order valence-corrected chi connectivity index (χ1v) is 6.94. The van der Waals surface area contributed by atoms with Crippen molar-refractivity contribution in [1.29, 1.82) is 5.26 Å². The molecule has 0 spiro atoms. The molecular formula is C15H14F3N3O2. The van der Waals surface area contributed by atoms with Crippen molar-refractivity contribution in [3.63, 3.8) is 0 Å². The molecule has 0 unspecified atom stereocenters. The summed E-state index contributed by atoms with van der Waals surface area (Å²) in [5.74, 6) is -0.653. The molecule has 1 aliphatic heterocycles. The molecule has 0 N–H and O–H groups in total. The van der Waals surface area contributed by atoms with Gasteiger partial charge in [0.1, 0.15) is 6.42 Å². The quantitative estimate of drug-likeness (QED) is 0.834. The van der Waals surface area contributed by atoms with Gasteiger partial charge in [-0.25, -0.2) is 0 Å². The lowest BCUT2D eigenvalue weighted by molar-refractivity contribution is -0.137. The summed E-state index contributed by atoms with van der Waals surface area (Å²) in [4.78, 5) is 26.8. The van der Waals surface area contributed by atoms with Crippen LogP contribution in [0.15, 0.2) is 24.3 Å². The number of carbonyl (C=O) groups is 2. The van der Waals surface area contributed by atoms with Gasteiger partial charge in [-0.3, -0.25) is 9.59 Å². The van der Waals surface area contributed by atoms with E-state index in [0.29, 0.717) is 13.1 Å². The Labute approximate surface area is 130 Å². The van der Waals surface area contributed by atoms with Gasteiger partial charge in [0.25, 0.3) is 5.91 Å². The van der Waals surface area contributed by atoms with Gasteiger partial charge in [-0.05, 0) is 24.3 Å². The van der Waals surface area contributed by atoms with Crippen LogP contribution in [-0.2, 0) is 11.0 Å². The van der Waals surface area contributed by atoms with Crippen LogP contribution < -0.4 is 0 Å². The Hall–Kier alpha value is -2.56. The van der Waals surface area contributed by atoms with Crippen LogP contribution >= 0.6 is 0 Å². The Morgan fingerprint density at radius 1 is 1.04 bits per heavy atom. The molecule has 1 heterocycles. The van der Waals surface area contributed by atoms with Gasteiger partial charge in [0.05, 0.1) is 11.6 Å². The molecule has 2 rings (SSSR count). The highest BCUT2D eigenvalue weighted by Gasteiger charge is 2.31. The summed E-state index contributed by atoms with van der Waals surface area (Å²) in [6, 6.07) is 5.83. The summed E-state index contributed by atoms with van der Waals surface area (Å²) < 4.78 is 37.5. The van der Waals surface area contributed by atoms with Crippen molar-refractivity contribution in [3.8, 4) is 6.07 Å². The molecular weight excluding hydrogens is 311 g/mol. The molecule has 1 aromatic carbocycles. The molecule has 0 aliphatic carbocycles. The van der Waals surface area contributed by atoms with Crippen LogP contribution in [-0.4, -0.2) is 47.8 Å². The number of amides is 2. The first kappa shape index (κ1) is 16.8. The van der Waals surface area contributed by atoms with Crippen LogP contribution in [0.1, 0.15) is 22.3 Å². The molecule has 0 atom stereocenters. The fraction of sp³-hybridized carbons (Fsp3) is 0.400. The molecule has 1 aromatic rings. The normalized spacial score (nSPS) is 15.2. The molecule has 0 saturated carbocycles. The van der Waals surface area contributed by atoms with Gasteiger partial charge in [-0.1, -0.05) is 0 Å². The van der Waals surface area contributed by atoms with E-state index in [0.717, 1.165) is 24.3 Å². The largest absolute Gasteiger partial charge is 0.416 e. The number of alkyl halides is 3. The van der Waals surface area contributed by atoms with Crippen LogP contribution in [0.25, 0.3) is 0 Å². The minimum absolute atomic E-state index is 0.176. The second kappa shape index (κ2) is 6.69. The lowest BCUT2D eigenvalue weighted by Crippen LogP contribution is -2.50.